The molecular formula is C24H34N2O4. The number of nitrogens with zero attached hydrogens (tertiary/aromatic N) is 1. The molecule has 2 heterocycles. The minimum absolute atomic E-state index is 0.00694. The van der Waals surface area contributed by atoms with E-state index >= 15 is 0 Å². The molecule has 1 aromatic rings. The Morgan fingerprint density at radius 2 is 1.97 bits per heavy atom. The lowest BCUT2D eigenvalue weighted by Crippen LogP contribution is -2.47. The van der Waals surface area contributed by atoms with Crippen molar-refractivity contribution in [3.8, 4) is 5.75 Å². The van der Waals surface area contributed by atoms with Crippen molar-refractivity contribution in [2.24, 2.45) is 11.3 Å². The van der Waals surface area contributed by atoms with Crippen molar-refractivity contribution in [1.29, 1.82) is 0 Å². The minimum atomic E-state index is -0.171. The van der Waals surface area contributed by atoms with Gasteiger partial charge in [-0.05, 0) is 50.3 Å². The van der Waals surface area contributed by atoms with Crippen LogP contribution in [-0.2, 0) is 14.3 Å². The Balaban J connectivity index is 1.40. The zero-order valence-electron chi connectivity index (χ0n) is 18.0. The smallest absolute Gasteiger partial charge is 0.260 e. The summed E-state index contributed by atoms with van der Waals surface area (Å²) >= 11 is 0. The molecule has 6 heteroatoms. The first-order valence-electron chi connectivity index (χ1n) is 11.4. The minimum Gasteiger partial charge on any atom is -0.484 e. The van der Waals surface area contributed by atoms with Crippen LogP contribution in [0, 0.1) is 18.3 Å². The largest absolute Gasteiger partial charge is 0.484 e. The van der Waals surface area contributed by atoms with Gasteiger partial charge < -0.3 is 19.7 Å². The molecule has 2 saturated heterocycles. The third-order valence-corrected chi connectivity index (χ3v) is 7.11. The first-order chi connectivity index (χ1) is 14.6. The third-order valence-electron chi connectivity index (χ3n) is 7.11. The van der Waals surface area contributed by atoms with Crippen molar-refractivity contribution in [2.75, 3.05) is 32.9 Å². The molecular weight excluding hydrogens is 380 g/mol. The number of hydrogen-bond acceptors (Lipinski definition) is 4. The molecule has 1 atom stereocenters. The van der Waals surface area contributed by atoms with Crippen LogP contribution < -0.4 is 10.1 Å². The second-order valence-electron chi connectivity index (χ2n) is 9.25. The fourth-order valence-electron chi connectivity index (χ4n) is 5.29. The monoisotopic (exact) mass is 414 g/mol. The molecule has 3 fully saturated rings. The molecule has 1 aromatic carbocycles. The molecule has 1 saturated carbocycles. The van der Waals surface area contributed by atoms with E-state index in [0.29, 0.717) is 32.1 Å². The Kier molecular flexibility index (Phi) is 6.61. The Bertz CT molecular complexity index is 753. The van der Waals surface area contributed by atoms with Crippen LogP contribution in [0.5, 0.6) is 5.75 Å². The van der Waals surface area contributed by atoms with Gasteiger partial charge in [-0.3, -0.25) is 9.59 Å². The summed E-state index contributed by atoms with van der Waals surface area (Å²) in [6, 6.07) is 8.01. The number of nitrogens with one attached hydrogen (secondary N) is 1. The molecule has 3 aliphatic rings. The number of carbonyl (C=O) groups excluding carboxylic acids is 2. The SMILES string of the molecule is Cc1cccc(OCC(=O)N2CC(C(=O)NC3CCCCC3)C3(CCOCC3)C2)c1. The maximum atomic E-state index is 13.3. The van der Waals surface area contributed by atoms with Crippen LogP contribution in [0.3, 0.4) is 0 Å². The van der Waals surface area contributed by atoms with Crippen LogP contribution >= 0.6 is 0 Å². The second kappa shape index (κ2) is 9.38. The predicted octanol–water partition coefficient (Wildman–Crippen LogP) is 3.08. The third kappa shape index (κ3) is 4.80. The first-order valence-corrected chi connectivity index (χ1v) is 11.4. The molecule has 1 N–H and O–H groups in total. The van der Waals surface area contributed by atoms with E-state index in [2.05, 4.69) is 5.32 Å². The number of carbonyl (C=O) groups is 2. The second-order valence-corrected chi connectivity index (χ2v) is 9.25. The average Bonchev–Trinajstić information content (AvgIpc) is 3.12. The molecule has 1 spiro atoms. The lowest BCUT2D eigenvalue weighted by atomic mass is 9.71. The molecule has 4 rings (SSSR count). The molecule has 0 bridgehead atoms. The molecule has 0 aromatic heterocycles. The number of rotatable bonds is 5. The molecule has 2 aliphatic heterocycles. The Labute approximate surface area is 179 Å². The summed E-state index contributed by atoms with van der Waals surface area (Å²) < 4.78 is 11.3. The highest BCUT2D eigenvalue weighted by atomic mass is 16.5. The maximum absolute atomic E-state index is 13.3. The number of aryl methyl sites for hydroxylation is 1. The van der Waals surface area contributed by atoms with Crippen molar-refractivity contribution in [2.45, 2.75) is 57.9 Å². The number of benzene rings is 1. The van der Waals surface area contributed by atoms with E-state index in [1.165, 1.54) is 19.3 Å². The molecule has 0 radical (unpaired) electrons. The summed E-state index contributed by atoms with van der Waals surface area (Å²) in [5.41, 5.74) is 0.928. The first kappa shape index (κ1) is 21.2. The van der Waals surface area contributed by atoms with Crippen LogP contribution in [-0.4, -0.2) is 55.7 Å². The fourth-order valence-corrected chi connectivity index (χ4v) is 5.29. The molecule has 1 aliphatic carbocycles. The standard InChI is InChI=1S/C24H34N2O4/c1-18-6-5-9-20(14-18)30-16-22(27)26-15-21(24(17-26)10-12-29-13-11-24)23(28)25-19-7-3-2-4-8-19/h5-6,9,14,19,21H,2-4,7-8,10-13,15-17H2,1H3,(H,25,28). The van der Waals surface area contributed by atoms with Crippen LogP contribution in [0.2, 0.25) is 0 Å². The van der Waals surface area contributed by atoms with Gasteiger partial charge in [0.1, 0.15) is 5.75 Å². The summed E-state index contributed by atoms with van der Waals surface area (Å²) in [5, 5.41) is 3.31. The van der Waals surface area contributed by atoms with Crippen LogP contribution in [0.15, 0.2) is 24.3 Å². The van der Waals surface area contributed by atoms with Gasteiger partial charge in [-0.2, -0.15) is 0 Å². The lowest BCUT2D eigenvalue weighted by Gasteiger charge is -2.37. The highest BCUT2D eigenvalue weighted by Gasteiger charge is 2.51. The van der Waals surface area contributed by atoms with Gasteiger partial charge in [-0.1, -0.05) is 31.4 Å². The fraction of sp³-hybridized carbons (Fsp3) is 0.667. The van der Waals surface area contributed by atoms with Crippen molar-refractivity contribution in [3.63, 3.8) is 0 Å². The normalized spacial score (nSPS) is 24.0. The zero-order chi connectivity index (χ0) is 21.0. The maximum Gasteiger partial charge on any atom is 0.260 e. The van der Waals surface area contributed by atoms with Crippen LogP contribution in [0.25, 0.3) is 0 Å². The summed E-state index contributed by atoms with van der Waals surface area (Å²) in [6.07, 6.45) is 7.45. The van der Waals surface area contributed by atoms with E-state index in [9.17, 15) is 9.59 Å². The van der Waals surface area contributed by atoms with Gasteiger partial charge in [0, 0.05) is 37.8 Å². The highest BCUT2D eigenvalue weighted by Crippen LogP contribution is 2.44. The van der Waals surface area contributed by atoms with E-state index in [1.54, 1.807) is 0 Å². The predicted molar refractivity (Wildman–Crippen MR) is 114 cm³/mol. The molecule has 30 heavy (non-hydrogen) atoms. The van der Waals surface area contributed by atoms with E-state index in [4.69, 9.17) is 9.47 Å². The summed E-state index contributed by atoms with van der Waals surface area (Å²) in [6.45, 7) is 4.43. The quantitative estimate of drug-likeness (QED) is 0.804. The average molecular weight is 415 g/mol. The van der Waals surface area contributed by atoms with E-state index in [0.717, 1.165) is 31.2 Å². The highest BCUT2D eigenvalue weighted by molar-refractivity contribution is 5.84. The number of hydrogen-bond donors (Lipinski definition) is 1. The zero-order valence-corrected chi connectivity index (χ0v) is 18.0. The molecule has 2 amide bonds. The van der Waals surface area contributed by atoms with Crippen molar-refractivity contribution in [3.05, 3.63) is 29.8 Å². The number of likely N-dealkylation sites (tertiary alicyclic amines) is 1. The van der Waals surface area contributed by atoms with Gasteiger partial charge in [0.15, 0.2) is 6.61 Å². The van der Waals surface area contributed by atoms with Crippen molar-refractivity contribution < 1.29 is 19.1 Å². The van der Waals surface area contributed by atoms with Crippen molar-refractivity contribution >= 4 is 11.8 Å². The number of ether oxygens (including phenoxy) is 2. The topological polar surface area (TPSA) is 67.9 Å². The van der Waals surface area contributed by atoms with Gasteiger partial charge in [0.25, 0.3) is 5.91 Å². The van der Waals surface area contributed by atoms with Gasteiger partial charge in [0.05, 0.1) is 5.92 Å². The number of amides is 2. The van der Waals surface area contributed by atoms with Gasteiger partial charge >= 0.3 is 0 Å². The van der Waals surface area contributed by atoms with E-state index < -0.39 is 0 Å². The Hall–Kier alpha value is -2.08. The van der Waals surface area contributed by atoms with E-state index in [1.807, 2.05) is 36.1 Å². The van der Waals surface area contributed by atoms with Crippen LogP contribution in [0.4, 0.5) is 0 Å². The van der Waals surface area contributed by atoms with Gasteiger partial charge in [-0.15, -0.1) is 0 Å². The molecule has 6 nitrogen and oxygen atoms in total. The van der Waals surface area contributed by atoms with E-state index in [-0.39, 0.29) is 35.8 Å². The van der Waals surface area contributed by atoms with Gasteiger partial charge in [0.2, 0.25) is 5.91 Å². The Morgan fingerprint density at radius 3 is 2.70 bits per heavy atom. The molecule has 1 unspecified atom stereocenters. The molecule has 164 valence electrons. The Morgan fingerprint density at radius 1 is 1.20 bits per heavy atom. The van der Waals surface area contributed by atoms with Crippen molar-refractivity contribution in [1.82, 2.24) is 10.2 Å². The van der Waals surface area contributed by atoms with Gasteiger partial charge in [-0.25, -0.2) is 0 Å². The summed E-state index contributed by atoms with van der Waals surface area (Å²) in [5.74, 6) is 0.621. The lowest BCUT2D eigenvalue weighted by molar-refractivity contribution is -0.133. The summed E-state index contributed by atoms with van der Waals surface area (Å²) in [7, 11) is 0. The summed E-state index contributed by atoms with van der Waals surface area (Å²) in [4.78, 5) is 28.0. The van der Waals surface area contributed by atoms with Crippen LogP contribution in [0.1, 0.15) is 50.5 Å².